The average Bonchev–Trinajstić information content (AvgIpc) is 2.59. The Kier molecular flexibility index (Phi) is 1.51. The van der Waals surface area contributed by atoms with Crippen molar-refractivity contribution >= 4 is 18.0 Å². The number of aromatic amines is 1. The summed E-state index contributed by atoms with van der Waals surface area (Å²) in [6.07, 6.45) is 10.5. The molecule has 2 heterocycles. The lowest BCUT2D eigenvalue weighted by Crippen LogP contribution is -2.16. The molecule has 14 heavy (non-hydrogen) atoms. The zero-order chi connectivity index (χ0) is 9.54. The van der Waals surface area contributed by atoms with E-state index >= 15 is 0 Å². The Hall–Kier alpha value is -1.57. The minimum atomic E-state index is 0.972. The number of nitrogens with zero attached hydrogens (tertiary/aromatic N) is 1. The molecular weight excluding hydrogens is 172 g/mol. The Labute approximate surface area is 82.4 Å². The van der Waals surface area contributed by atoms with E-state index in [0.29, 0.717) is 0 Å². The fraction of sp³-hybridized carbons (Fsp3) is 0.250. The molecule has 1 N–H and O–H groups in total. The van der Waals surface area contributed by atoms with E-state index in [1.165, 1.54) is 21.8 Å². The minimum Gasteiger partial charge on any atom is -0.354 e. The van der Waals surface area contributed by atoms with Crippen LogP contribution in [0.1, 0.15) is 18.1 Å². The van der Waals surface area contributed by atoms with Gasteiger partial charge in [-0.05, 0) is 30.5 Å². The van der Waals surface area contributed by atoms with Crippen molar-refractivity contribution in [2.75, 3.05) is 0 Å². The zero-order valence-corrected chi connectivity index (χ0v) is 8.17. The summed E-state index contributed by atoms with van der Waals surface area (Å²) in [5.41, 5.74) is 4.00. The lowest BCUT2D eigenvalue weighted by Gasteiger charge is -2.04. The Morgan fingerprint density at radius 3 is 3.14 bits per heavy atom. The molecule has 0 saturated carbocycles. The Balaban J connectivity index is 2.43. The molecule has 0 amide bonds. The van der Waals surface area contributed by atoms with Gasteiger partial charge in [0.2, 0.25) is 0 Å². The molecule has 0 bridgehead atoms. The summed E-state index contributed by atoms with van der Waals surface area (Å²) in [5.74, 6) is 0. The summed E-state index contributed by atoms with van der Waals surface area (Å²) in [6.45, 7) is 2.06. The number of fused-ring (bicyclic) bond motifs is 3. The average molecular weight is 184 g/mol. The lowest BCUT2D eigenvalue weighted by atomic mass is 10.0. The maximum absolute atomic E-state index is 4.34. The fourth-order valence-electron chi connectivity index (χ4n) is 2.20. The van der Waals surface area contributed by atoms with Crippen LogP contribution >= 0.6 is 0 Å². The Morgan fingerprint density at radius 1 is 1.29 bits per heavy atom. The standard InChI is InChI=1S/C12H12N2/c1-8-12-10(6-7-13-8)9-4-2-3-5-11(9)14-12/h2-3,5,7,14H,4,6H2,1H3. The van der Waals surface area contributed by atoms with Gasteiger partial charge in [0.1, 0.15) is 0 Å². The SMILES string of the molecule is CC1=c2[nH]c3c(c2CC=N1)CC=CC=3. The number of allylic oxidation sites excluding steroid dienone is 2. The van der Waals surface area contributed by atoms with Gasteiger partial charge in [-0.15, -0.1) is 0 Å². The van der Waals surface area contributed by atoms with E-state index in [-0.39, 0.29) is 0 Å². The van der Waals surface area contributed by atoms with Gasteiger partial charge >= 0.3 is 0 Å². The number of aromatic nitrogens is 1. The van der Waals surface area contributed by atoms with Crippen molar-refractivity contribution in [2.24, 2.45) is 4.99 Å². The van der Waals surface area contributed by atoms with Gasteiger partial charge < -0.3 is 4.98 Å². The second kappa shape index (κ2) is 2.71. The first-order chi connectivity index (χ1) is 6.86. The van der Waals surface area contributed by atoms with Gasteiger partial charge in [-0.1, -0.05) is 12.2 Å². The molecule has 2 aliphatic rings. The van der Waals surface area contributed by atoms with Crippen LogP contribution in [0, 0.1) is 0 Å². The number of aliphatic imine (C=N–C) groups is 1. The third-order valence-electron chi connectivity index (χ3n) is 2.91. The second-order valence-corrected chi connectivity index (χ2v) is 3.77. The summed E-state index contributed by atoms with van der Waals surface area (Å²) < 4.78 is 0. The van der Waals surface area contributed by atoms with Crippen LogP contribution in [0.3, 0.4) is 0 Å². The van der Waals surface area contributed by atoms with Crippen molar-refractivity contribution in [3.63, 3.8) is 0 Å². The monoisotopic (exact) mass is 184 g/mol. The highest BCUT2D eigenvalue weighted by molar-refractivity contribution is 5.72. The van der Waals surface area contributed by atoms with Crippen LogP contribution in [0.15, 0.2) is 17.1 Å². The molecule has 0 fully saturated rings. The Morgan fingerprint density at radius 2 is 2.21 bits per heavy atom. The first-order valence-corrected chi connectivity index (χ1v) is 4.96. The third kappa shape index (κ3) is 0.939. The molecule has 0 saturated heterocycles. The molecule has 1 aromatic rings. The highest BCUT2D eigenvalue weighted by atomic mass is 14.8. The number of hydrogen-bond acceptors (Lipinski definition) is 1. The van der Waals surface area contributed by atoms with Gasteiger partial charge in [0, 0.05) is 18.0 Å². The van der Waals surface area contributed by atoms with Gasteiger partial charge in [0.25, 0.3) is 0 Å². The molecule has 0 atom stereocenters. The normalized spacial score (nSPS) is 17.6. The topological polar surface area (TPSA) is 28.1 Å². The van der Waals surface area contributed by atoms with Gasteiger partial charge in [0.15, 0.2) is 0 Å². The number of H-pyrrole nitrogens is 1. The van der Waals surface area contributed by atoms with Crippen molar-refractivity contribution in [1.82, 2.24) is 4.98 Å². The molecule has 2 heteroatoms. The van der Waals surface area contributed by atoms with Crippen molar-refractivity contribution in [1.29, 1.82) is 0 Å². The van der Waals surface area contributed by atoms with Crippen molar-refractivity contribution in [3.8, 4) is 0 Å². The molecule has 0 unspecified atom stereocenters. The van der Waals surface area contributed by atoms with Crippen molar-refractivity contribution < 1.29 is 0 Å². The Bertz CT molecular complexity index is 556. The van der Waals surface area contributed by atoms with Gasteiger partial charge in [-0.25, -0.2) is 0 Å². The first-order valence-electron chi connectivity index (χ1n) is 4.96. The predicted octanol–water partition coefficient (Wildman–Crippen LogP) is 0.663. The summed E-state index contributed by atoms with van der Waals surface area (Å²) in [5, 5.41) is 2.50. The minimum absolute atomic E-state index is 0.972. The van der Waals surface area contributed by atoms with Crippen LogP contribution in [0.4, 0.5) is 0 Å². The molecule has 1 aromatic heterocycles. The molecule has 3 rings (SSSR count). The molecule has 0 radical (unpaired) electrons. The first kappa shape index (κ1) is 7.80. The summed E-state index contributed by atoms with van der Waals surface area (Å²) in [7, 11) is 0. The molecular formula is C12H12N2. The quantitative estimate of drug-likeness (QED) is 0.613. The van der Waals surface area contributed by atoms with E-state index < -0.39 is 0 Å². The summed E-state index contributed by atoms with van der Waals surface area (Å²) in [6, 6.07) is 0. The highest BCUT2D eigenvalue weighted by Crippen LogP contribution is 2.09. The smallest absolute Gasteiger partial charge is 0.0639 e. The van der Waals surface area contributed by atoms with Crippen LogP contribution in [0.5, 0.6) is 0 Å². The maximum atomic E-state index is 4.34. The van der Waals surface area contributed by atoms with Crippen LogP contribution in [0.2, 0.25) is 0 Å². The van der Waals surface area contributed by atoms with Crippen molar-refractivity contribution in [3.05, 3.63) is 34.0 Å². The van der Waals surface area contributed by atoms with Crippen LogP contribution in [-0.2, 0) is 12.8 Å². The molecule has 1 aliphatic carbocycles. The highest BCUT2D eigenvalue weighted by Gasteiger charge is 2.12. The second-order valence-electron chi connectivity index (χ2n) is 3.77. The van der Waals surface area contributed by atoms with E-state index in [4.69, 9.17) is 0 Å². The predicted molar refractivity (Wildman–Crippen MR) is 58.6 cm³/mol. The molecule has 0 spiro atoms. The zero-order valence-electron chi connectivity index (χ0n) is 8.17. The van der Waals surface area contributed by atoms with Crippen LogP contribution < -0.4 is 10.7 Å². The molecule has 1 aliphatic heterocycles. The van der Waals surface area contributed by atoms with Crippen molar-refractivity contribution in [2.45, 2.75) is 19.8 Å². The lowest BCUT2D eigenvalue weighted by molar-refractivity contribution is 1.16. The molecule has 0 aromatic carbocycles. The number of rotatable bonds is 0. The van der Waals surface area contributed by atoms with E-state index in [0.717, 1.165) is 18.5 Å². The molecule has 70 valence electrons. The van der Waals surface area contributed by atoms with E-state index in [1.54, 1.807) is 0 Å². The van der Waals surface area contributed by atoms with Gasteiger partial charge in [0.05, 0.1) is 11.0 Å². The van der Waals surface area contributed by atoms with Crippen LogP contribution in [0.25, 0.3) is 11.8 Å². The fourth-order valence-corrected chi connectivity index (χ4v) is 2.20. The van der Waals surface area contributed by atoms with E-state index in [2.05, 4.69) is 35.1 Å². The summed E-state index contributed by atoms with van der Waals surface area (Å²) in [4.78, 5) is 7.79. The van der Waals surface area contributed by atoms with Gasteiger partial charge in [-0.2, -0.15) is 0 Å². The third-order valence-corrected chi connectivity index (χ3v) is 2.91. The van der Waals surface area contributed by atoms with Gasteiger partial charge in [-0.3, -0.25) is 4.99 Å². The maximum Gasteiger partial charge on any atom is 0.0639 e. The summed E-state index contributed by atoms with van der Waals surface area (Å²) >= 11 is 0. The molecule has 2 nitrogen and oxygen atoms in total. The van der Waals surface area contributed by atoms with E-state index in [1.807, 2.05) is 6.21 Å². The largest absolute Gasteiger partial charge is 0.354 e. The van der Waals surface area contributed by atoms with E-state index in [9.17, 15) is 0 Å². The number of nitrogens with one attached hydrogen (secondary N) is 1. The van der Waals surface area contributed by atoms with Crippen LogP contribution in [-0.4, -0.2) is 11.2 Å². The number of hydrogen-bond donors (Lipinski definition) is 1.